The SMILES string of the molecule is CCOC(=O)C(C)(N1CCCNCC1)C(F)(F)F. The van der Waals surface area contributed by atoms with Crippen LogP contribution in [0.4, 0.5) is 13.2 Å². The number of hydrogen-bond acceptors (Lipinski definition) is 4. The van der Waals surface area contributed by atoms with Crippen LogP contribution in [-0.4, -0.2) is 55.4 Å². The summed E-state index contributed by atoms with van der Waals surface area (Å²) in [7, 11) is 0. The van der Waals surface area contributed by atoms with Gasteiger partial charge in [0.05, 0.1) is 6.61 Å². The van der Waals surface area contributed by atoms with Crippen molar-refractivity contribution < 1.29 is 22.7 Å². The Morgan fingerprint density at radius 2 is 2.00 bits per heavy atom. The fourth-order valence-corrected chi connectivity index (χ4v) is 1.99. The largest absolute Gasteiger partial charge is 0.464 e. The minimum absolute atomic E-state index is 0.0589. The summed E-state index contributed by atoms with van der Waals surface area (Å²) >= 11 is 0. The summed E-state index contributed by atoms with van der Waals surface area (Å²) in [5.41, 5.74) is -2.56. The topological polar surface area (TPSA) is 41.6 Å². The molecular weight excluding hydrogens is 249 g/mol. The van der Waals surface area contributed by atoms with Crippen molar-refractivity contribution in [3.05, 3.63) is 0 Å². The maximum atomic E-state index is 13.2. The molecule has 1 rings (SSSR count). The van der Waals surface area contributed by atoms with Crippen LogP contribution in [0.2, 0.25) is 0 Å². The summed E-state index contributed by atoms with van der Waals surface area (Å²) in [6.45, 7) is 3.83. The predicted molar refractivity (Wildman–Crippen MR) is 60.2 cm³/mol. The van der Waals surface area contributed by atoms with Crippen molar-refractivity contribution in [3.8, 4) is 0 Å². The van der Waals surface area contributed by atoms with Crippen LogP contribution >= 0.6 is 0 Å². The molecule has 1 heterocycles. The van der Waals surface area contributed by atoms with Gasteiger partial charge in [-0.2, -0.15) is 13.2 Å². The van der Waals surface area contributed by atoms with E-state index in [1.807, 2.05) is 0 Å². The van der Waals surface area contributed by atoms with Gasteiger partial charge in [-0.25, -0.2) is 4.79 Å². The van der Waals surface area contributed by atoms with E-state index in [1.54, 1.807) is 0 Å². The molecule has 0 bridgehead atoms. The second-order valence-corrected chi connectivity index (χ2v) is 4.38. The first-order valence-electron chi connectivity index (χ1n) is 6.03. The Balaban J connectivity index is 2.99. The molecular formula is C11H19F3N2O2. The van der Waals surface area contributed by atoms with Crippen molar-refractivity contribution in [1.29, 1.82) is 0 Å². The normalized spacial score (nSPS) is 22.1. The van der Waals surface area contributed by atoms with Gasteiger partial charge in [0.15, 0.2) is 0 Å². The van der Waals surface area contributed by atoms with E-state index in [2.05, 4.69) is 10.1 Å². The van der Waals surface area contributed by atoms with Crippen LogP contribution in [0.5, 0.6) is 0 Å². The van der Waals surface area contributed by atoms with Gasteiger partial charge in [-0.1, -0.05) is 0 Å². The monoisotopic (exact) mass is 268 g/mol. The second-order valence-electron chi connectivity index (χ2n) is 4.38. The maximum Gasteiger partial charge on any atom is 0.417 e. The number of nitrogens with one attached hydrogen (secondary N) is 1. The third-order valence-electron chi connectivity index (χ3n) is 3.20. The van der Waals surface area contributed by atoms with Crippen LogP contribution in [0.15, 0.2) is 0 Å². The van der Waals surface area contributed by atoms with Crippen molar-refractivity contribution in [2.45, 2.75) is 32.0 Å². The molecule has 0 aliphatic carbocycles. The van der Waals surface area contributed by atoms with E-state index in [4.69, 9.17) is 0 Å². The minimum Gasteiger partial charge on any atom is -0.464 e. The summed E-state index contributed by atoms with van der Waals surface area (Å²) in [5.74, 6) is -1.22. The summed E-state index contributed by atoms with van der Waals surface area (Å²) in [6, 6.07) is 0. The lowest BCUT2D eigenvalue weighted by molar-refractivity contribution is -0.235. The molecule has 7 heteroatoms. The van der Waals surface area contributed by atoms with E-state index in [0.717, 1.165) is 11.8 Å². The number of halogens is 3. The first kappa shape index (κ1) is 15.2. The Morgan fingerprint density at radius 1 is 1.33 bits per heavy atom. The second kappa shape index (κ2) is 5.88. The Morgan fingerprint density at radius 3 is 2.56 bits per heavy atom. The Bertz CT molecular complexity index is 289. The summed E-state index contributed by atoms with van der Waals surface area (Å²) < 4.78 is 44.3. The van der Waals surface area contributed by atoms with Gasteiger partial charge in [0.25, 0.3) is 0 Å². The van der Waals surface area contributed by atoms with Crippen molar-refractivity contribution in [3.63, 3.8) is 0 Å². The van der Waals surface area contributed by atoms with Gasteiger partial charge in [-0.05, 0) is 26.8 Å². The minimum atomic E-state index is -4.65. The average molecular weight is 268 g/mol. The molecule has 1 N–H and O–H groups in total. The lowest BCUT2D eigenvalue weighted by Gasteiger charge is -2.39. The van der Waals surface area contributed by atoms with Crippen LogP contribution < -0.4 is 5.32 Å². The van der Waals surface area contributed by atoms with E-state index >= 15 is 0 Å². The molecule has 1 unspecified atom stereocenters. The van der Waals surface area contributed by atoms with Gasteiger partial charge >= 0.3 is 12.1 Å². The van der Waals surface area contributed by atoms with Crippen molar-refractivity contribution in [1.82, 2.24) is 10.2 Å². The van der Waals surface area contributed by atoms with Crippen LogP contribution in [0.1, 0.15) is 20.3 Å². The van der Waals surface area contributed by atoms with Gasteiger partial charge in [0.1, 0.15) is 0 Å². The highest BCUT2D eigenvalue weighted by atomic mass is 19.4. The lowest BCUT2D eigenvalue weighted by Crippen LogP contribution is -2.63. The highest BCUT2D eigenvalue weighted by Gasteiger charge is 2.61. The van der Waals surface area contributed by atoms with E-state index in [1.165, 1.54) is 6.92 Å². The van der Waals surface area contributed by atoms with Crippen molar-refractivity contribution in [2.75, 3.05) is 32.8 Å². The maximum absolute atomic E-state index is 13.2. The third kappa shape index (κ3) is 2.95. The molecule has 0 aromatic rings. The standard InChI is InChI=1S/C11H19F3N2O2/c1-3-18-9(17)10(2,11(12,13)14)16-7-4-5-15-6-8-16/h15H,3-8H2,1-2H3. The van der Waals surface area contributed by atoms with Gasteiger partial charge in [0, 0.05) is 19.6 Å². The highest BCUT2D eigenvalue weighted by molar-refractivity contribution is 5.81. The first-order valence-corrected chi connectivity index (χ1v) is 6.03. The van der Waals surface area contributed by atoms with Crippen molar-refractivity contribution in [2.24, 2.45) is 0 Å². The summed E-state index contributed by atoms with van der Waals surface area (Å²) in [4.78, 5) is 12.9. The van der Waals surface area contributed by atoms with Gasteiger partial charge in [0.2, 0.25) is 5.54 Å². The molecule has 1 aliphatic rings. The first-order chi connectivity index (χ1) is 8.34. The number of rotatable bonds is 3. The fraction of sp³-hybridized carbons (Fsp3) is 0.909. The molecule has 1 fully saturated rings. The zero-order valence-electron chi connectivity index (χ0n) is 10.6. The van der Waals surface area contributed by atoms with Gasteiger partial charge in [-0.15, -0.1) is 0 Å². The number of nitrogens with zero attached hydrogens (tertiary/aromatic N) is 1. The van der Waals surface area contributed by atoms with Crippen molar-refractivity contribution >= 4 is 5.97 Å². The smallest absolute Gasteiger partial charge is 0.417 e. The average Bonchev–Trinajstić information content (AvgIpc) is 2.55. The number of carbonyl (C=O) groups is 1. The Labute approximate surface area is 104 Å². The predicted octanol–water partition coefficient (Wildman–Crippen LogP) is 1.17. The molecule has 4 nitrogen and oxygen atoms in total. The summed E-state index contributed by atoms with van der Waals surface area (Å²) in [5, 5.41) is 3.01. The molecule has 0 amide bonds. The van der Waals surface area contributed by atoms with Crippen LogP contribution in [0, 0.1) is 0 Å². The molecule has 1 saturated heterocycles. The molecule has 18 heavy (non-hydrogen) atoms. The lowest BCUT2D eigenvalue weighted by atomic mass is 9.98. The van der Waals surface area contributed by atoms with Gasteiger partial charge in [-0.3, -0.25) is 4.90 Å². The van der Waals surface area contributed by atoms with E-state index in [-0.39, 0.29) is 19.7 Å². The van der Waals surface area contributed by atoms with E-state index in [9.17, 15) is 18.0 Å². The molecule has 1 atom stereocenters. The zero-order chi connectivity index (χ0) is 13.8. The molecule has 106 valence electrons. The van der Waals surface area contributed by atoms with Crippen LogP contribution in [-0.2, 0) is 9.53 Å². The van der Waals surface area contributed by atoms with Crippen LogP contribution in [0.25, 0.3) is 0 Å². The Hall–Kier alpha value is -0.820. The number of ether oxygens (including phenoxy) is 1. The van der Waals surface area contributed by atoms with E-state index < -0.39 is 17.7 Å². The zero-order valence-corrected chi connectivity index (χ0v) is 10.6. The molecule has 0 radical (unpaired) electrons. The number of hydrogen-bond donors (Lipinski definition) is 1. The number of carbonyl (C=O) groups excluding carboxylic acids is 1. The molecule has 1 aliphatic heterocycles. The quantitative estimate of drug-likeness (QED) is 0.780. The molecule has 0 aromatic carbocycles. The fourth-order valence-electron chi connectivity index (χ4n) is 1.99. The number of alkyl halides is 3. The van der Waals surface area contributed by atoms with Crippen LogP contribution in [0.3, 0.4) is 0 Å². The number of esters is 1. The Kier molecular flexibility index (Phi) is 4.98. The summed E-state index contributed by atoms with van der Waals surface area (Å²) in [6.07, 6.45) is -4.07. The third-order valence-corrected chi connectivity index (χ3v) is 3.20. The van der Waals surface area contributed by atoms with E-state index in [0.29, 0.717) is 19.5 Å². The molecule has 0 aromatic heterocycles. The molecule has 0 spiro atoms. The molecule has 0 saturated carbocycles. The van der Waals surface area contributed by atoms with Gasteiger partial charge < -0.3 is 10.1 Å². The highest BCUT2D eigenvalue weighted by Crippen LogP contribution is 2.36.